The van der Waals surface area contributed by atoms with Gasteiger partial charge in [0.2, 0.25) is 5.91 Å². The number of piperidine rings is 1. The van der Waals surface area contributed by atoms with Gasteiger partial charge in [-0.25, -0.2) is 0 Å². The first-order valence-corrected chi connectivity index (χ1v) is 9.72. The van der Waals surface area contributed by atoms with Gasteiger partial charge in [0.05, 0.1) is 25.5 Å². The normalized spacial score (nSPS) is 13.9. The van der Waals surface area contributed by atoms with Crippen LogP contribution in [0.1, 0.15) is 35.2 Å². The molecule has 2 amide bonds. The maximum atomic E-state index is 12.8. The van der Waals surface area contributed by atoms with Gasteiger partial charge in [0.15, 0.2) is 11.5 Å². The number of benzene rings is 2. The summed E-state index contributed by atoms with van der Waals surface area (Å²) in [6.07, 6.45) is 6.32. The number of anilines is 1. The van der Waals surface area contributed by atoms with E-state index in [1.54, 1.807) is 50.6 Å². The van der Waals surface area contributed by atoms with Crippen molar-refractivity contribution in [2.24, 2.45) is 0 Å². The van der Waals surface area contributed by atoms with Crippen molar-refractivity contribution >= 4 is 23.6 Å². The van der Waals surface area contributed by atoms with Crippen molar-refractivity contribution in [2.75, 3.05) is 32.6 Å². The Bertz CT molecular complexity index is 902. The van der Waals surface area contributed by atoms with Gasteiger partial charge in [0.1, 0.15) is 0 Å². The monoisotopic (exact) mass is 394 g/mol. The van der Waals surface area contributed by atoms with Gasteiger partial charge in [-0.1, -0.05) is 18.2 Å². The van der Waals surface area contributed by atoms with E-state index in [2.05, 4.69) is 5.32 Å². The standard InChI is InChI=1S/C23H26N2O4/c1-28-20-12-10-17(16-21(20)29-2)11-13-22(26)24-19-9-5-4-8-18(19)23(27)25-14-6-3-7-15-25/h4-5,8-13,16H,3,6-7,14-15H2,1-2H3,(H,24,26)/b13-11+. The highest BCUT2D eigenvalue weighted by molar-refractivity contribution is 6.07. The molecule has 2 aromatic rings. The summed E-state index contributed by atoms with van der Waals surface area (Å²) in [5.74, 6) is 0.870. The van der Waals surface area contributed by atoms with Crippen LogP contribution in [0.4, 0.5) is 5.69 Å². The Kier molecular flexibility index (Phi) is 6.89. The molecule has 1 aliphatic heterocycles. The molecular formula is C23H26N2O4. The molecule has 0 unspecified atom stereocenters. The van der Waals surface area contributed by atoms with E-state index in [4.69, 9.17) is 9.47 Å². The highest BCUT2D eigenvalue weighted by Gasteiger charge is 2.20. The maximum absolute atomic E-state index is 12.8. The zero-order valence-electron chi connectivity index (χ0n) is 16.8. The van der Waals surface area contributed by atoms with Crippen LogP contribution in [0.25, 0.3) is 6.08 Å². The molecule has 0 saturated carbocycles. The Morgan fingerprint density at radius 3 is 2.41 bits per heavy atom. The quantitative estimate of drug-likeness (QED) is 0.753. The van der Waals surface area contributed by atoms with E-state index in [0.29, 0.717) is 22.7 Å². The third-order valence-corrected chi connectivity index (χ3v) is 4.89. The Hall–Kier alpha value is -3.28. The van der Waals surface area contributed by atoms with E-state index in [1.165, 1.54) is 6.08 Å². The molecule has 29 heavy (non-hydrogen) atoms. The molecule has 3 rings (SSSR count). The van der Waals surface area contributed by atoms with Gasteiger partial charge in [-0.05, 0) is 55.2 Å². The average molecular weight is 394 g/mol. The van der Waals surface area contributed by atoms with Crippen LogP contribution in [0.3, 0.4) is 0 Å². The van der Waals surface area contributed by atoms with Crippen molar-refractivity contribution in [3.8, 4) is 11.5 Å². The van der Waals surface area contributed by atoms with E-state index in [0.717, 1.165) is 37.9 Å². The first-order valence-electron chi connectivity index (χ1n) is 9.72. The Labute approximate surface area is 171 Å². The first-order chi connectivity index (χ1) is 14.1. The van der Waals surface area contributed by atoms with Gasteiger partial charge in [0.25, 0.3) is 5.91 Å². The largest absolute Gasteiger partial charge is 0.493 e. The topological polar surface area (TPSA) is 67.9 Å². The van der Waals surface area contributed by atoms with E-state index >= 15 is 0 Å². The van der Waals surface area contributed by atoms with Crippen molar-refractivity contribution < 1.29 is 19.1 Å². The van der Waals surface area contributed by atoms with Gasteiger partial charge >= 0.3 is 0 Å². The number of nitrogens with zero attached hydrogens (tertiary/aromatic N) is 1. The van der Waals surface area contributed by atoms with Gasteiger partial charge in [-0.3, -0.25) is 9.59 Å². The van der Waals surface area contributed by atoms with E-state index in [9.17, 15) is 9.59 Å². The Morgan fingerprint density at radius 1 is 0.966 bits per heavy atom. The molecule has 2 aromatic carbocycles. The molecular weight excluding hydrogens is 368 g/mol. The first kappa shape index (κ1) is 20.5. The summed E-state index contributed by atoms with van der Waals surface area (Å²) in [5.41, 5.74) is 1.84. The Balaban J connectivity index is 1.71. The summed E-state index contributed by atoms with van der Waals surface area (Å²) in [6, 6.07) is 12.5. The lowest BCUT2D eigenvalue weighted by atomic mass is 10.1. The van der Waals surface area contributed by atoms with Crippen LogP contribution in [0.5, 0.6) is 11.5 Å². The average Bonchev–Trinajstić information content (AvgIpc) is 2.78. The summed E-state index contributed by atoms with van der Waals surface area (Å²) in [6.45, 7) is 1.53. The maximum Gasteiger partial charge on any atom is 0.255 e. The van der Waals surface area contributed by atoms with Gasteiger partial charge in [-0.15, -0.1) is 0 Å². The van der Waals surface area contributed by atoms with Crippen LogP contribution in [0.15, 0.2) is 48.5 Å². The predicted octanol–water partition coefficient (Wildman–Crippen LogP) is 3.98. The number of carbonyl (C=O) groups excluding carboxylic acids is 2. The molecule has 0 bridgehead atoms. The molecule has 1 saturated heterocycles. The van der Waals surface area contributed by atoms with E-state index in [1.807, 2.05) is 17.0 Å². The predicted molar refractivity (Wildman–Crippen MR) is 113 cm³/mol. The number of likely N-dealkylation sites (tertiary alicyclic amines) is 1. The summed E-state index contributed by atoms with van der Waals surface area (Å²) in [7, 11) is 3.14. The fourth-order valence-electron chi connectivity index (χ4n) is 3.35. The third kappa shape index (κ3) is 5.16. The van der Waals surface area contributed by atoms with Crippen molar-refractivity contribution in [1.29, 1.82) is 0 Å². The van der Waals surface area contributed by atoms with Crippen LogP contribution >= 0.6 is 0 Å². The van der Waals surface area contributed by atoms with Crippen molar-refractivity contribution in [3.63, 3.8) is 0 Å². The number of ether oxygens (including phenoxy) is 2. The zero-order chi connectivity index (χ0) is 20.6. The van der Waals surface area contributed by atoms with Gasteiger partial charge < -0.3 is 19.7 Å². The summed E-state index contributed by atoms with van der Waals surface area (Å²) in [4.78, 5) is 27.1. The van der Waals surface area contributed by atoms with Crippen LogP contribution < -0.4 is 14.8 Å². The van der Waals surface area contributed by atoms with Crippen LogP contribution in [0, 0.1) is 0 Å². The van der Waals surface area contributed by atoms with Crippen LogP contribution in [-0.4, -0.2) is 44.0 Å². The lowest BCUT2D eigenvalue weighted by Gasteiger charge is -2.27. The molecule has 1 aliphatic rings. The third-order valence-electron chi connectivity index (χ3n) is 4.89. The second kappa shape index (κ2) is 9.78. The molecule has 1 fully saturated rings. The van der Waals surface area contributed by atoms with E-state index in [-0.39, 0.29) is 11.8 Å². The molecule has 0 spiro atoms. The van der Waals surface area contributed by atoms with E-state index < -0.39 is 0 Å². The molecule has 6 nitrogen and oxygen atoms in total. The van der Waals surface area contributed by atoms with Crippen LogP contribution in [0.2, 0.25) is 0 Å². The summed E-state index contributed by atoms with van der Waals surface area (Å²) < 4.78 is 10.5. The zero-order valence-corrected chi connectivity index (χ0v) is 16.8. The number of hydrogen-bond donors (Lipinski definition) is 1. The van der Waals surface area contributed by atoms with Gasteiger partial charge in [0, 0.05) is 19.2 Å². The summed E-state index contributed by atoms with van der Waals surface area (Å²) >= 11 is 0. The number of carbonyl (C=O) groups is 2. The van der Waals surface area contributed by atoms with Crippen molar-refractivity contribution in [3.05, 3.63) is 59.7 Å². The number of para-hydroxylation sites is 1. The second-order valence-corrected chi connectivity index (χ2v) is 6.84. The Morgan fingerprint density at radius 2 is 1.69 bits per heavy atom. The fraction of sp³-hybridized carbons (Fsp3) is 0.304. The molecule has 0 aromatic heterocycles. The van der Waals surface area contributed by atoms with Crippen molar-refractivity contribution in [2.45, 2.75) is 19.3 Å². The fourth-order valence-corrected chi connectivity index (χ4v) is 3.35. The number of amides is 2. The SMILES string of the molecule is COc1ccc(/C=C/C(=O)Nc2ccccc2C(=O)N2CCCCC2)cc1OC. The minimum Gasteiger partial charge on any atom is -0.493 e. The molecule has 1 N–H and O–H groups in total. The lowest BCUT2D eigenvalue weighted by Crippen LogP contribution is -2.36. The number of hydrogen-bond acceptors (Lipinski definition) is 4. The number of rotatable bonds is 6. The lowest BCUT2D eigenvalue weighted by molar-refractivity contribution is -0.111. The number of nitrogens with one attached hydrogen (secondary N) is 1. The van der Waals surface area contributed by atoms with Crippen molar-refractivity contribution in [1.82, 2.24) is 4.90 Å². The highest BCUT2D eigenvalue weighted by Crippen LogP contribution is 2.28. The molecule has 152 valence electrons. The molecule has 0 radical (unpaired) electrons. The molecule has 0 aliphatic carbocycles. The summed E-state index contributed by atoms with van der Waals surface area (Å²) in [5, 5.41) is 2.82. The second-order valence-electron chi connectivity index (χ2n) is 6.84. The molecule has 0 atom stereocenters. The van der Waals surface area contributed by atoms with Crippen LogP contribution in [-0.2, 0) is 4.79 Å². The molecule has 6 heteroatoms. The minimum atomic E-state index is -0.307. The van der Waals surface area contributed by atoms with Gasteiger partial charge in [-0.2, -0.15) is 0 Å². The minimum absolute atomic E-state index is 0.0375. The number of methoxy groups -OCH3 is 2. The molecule has 1 heterocycles. The highest BCUT2D eigenvalue weighted by atomic mass is 16.5. The smallest absolute Gasteiger partial charge is 0.255 e.